The van der Waals surface area contributed by atoms with Crippen molar-refractivity contribution in [3.63, 3.8) is 0 Å². The summed E-state index contributed by atoms with van der Waals surface area (Å²) in [5, 5.41) is 12.4. The van der Waals surface area contributed by atoms with Gasteiger partial charge in [0.15, 0.2) is 0 Å². The van der Waals surface area contributed by atoms with E-state index in [1.165, 1.54) is 11.1 Å². The molecule has 29 heavy (non-hydrogen) atoms. The minimum Gasteiger partial charge on any atom is -0.395 e. The molecule has 3 aromatic carbocycles. The van der Waals surface area contributed by atoms with Crippen LogP contribution in [0, 0.1) is 0 Å². The van der Waals surface area contributed by atoms with Crippen LogP contribution in [0.5, 0.6) is 0 Å². The maximum absolute atomic E-state index is 12.7. The number of carbonyl (C=O) groups is 1. The number of nitrogens with one attached hydrogen (secondary N) is 1. The average Bonchev–Trinajstić information content (AvgIpc) is 2.78. The molecule has 2 amide bonds. The van der Waals surface area contributed by atoms with Crippen molar-refractivity contribution >= 4 is 6.03 Å². The topological polar surface area (TPSA) is 52.6 Å². The lowest BCUT2D eigenvalue weighted by Crippen LogP contribution is -2.41. The van der Waals surface area contributed by atoms with E-state index in [0.29, 0.717) is 19.6 Å². The number of rotatable bonds is 9. The van der Waals surface area contributed by atoms with Gasteiger partial charge in [-0.3, -0.25) is 0 Å². The van der Waals surface area contributed by atoms with Crippen LogP contribution in [0.15, 0.2) is 91.0 Å². The van der Waals surface area contributed by atoms with E-state index in [-0.39, 0.29) is 18.6 Å². The van der Waals surface area contributed by atoms with E-state index >= 15 is 0 Å². The standard InChI is InChI=1S/C25H28N2O2/c28-19-18-27(20-21-10-4-1-5-11-21)25(29)26-17-16-24(22-12-6-2-7-13-22)23-14-8-3-9-15-23/h1-15,24,28H,16-20H2,(H,26,29). The Hall–Kier alpha value is -3.11. The number of aliphatic hydroxyl groups is 1. The minimum atomic E-state index is -0.150. The monoisotopic (exact) mass is 388 g/mol. The lowest BCUT2D eigenvalue weighted by Gasteiger charge is -2.24. The van der Waals surface area contributed by atoms with E-state index in [2.05, 4.69) is 29.6 Å². The Kier molecular flexibility index (Phi) is 7.84. The van der Waals surface area contributed by atoms with Crippen LogP contribution in [-0.4, -0.2) is 35.7 Å². The van der Waals surface area contributed by atoms with Gasteiger partial charge in [0.25, 0.3) is 0 Å². The summed E-state index contributed by atoms with van der Waals surface area (Å²) in [4.78, 5) is 14.3. The SMILES string of the molecule is O=C(NCCC(c1ccccc1)c1ccccc1)N(CCO)Cc1ccccc1. The fourth-order valence-corrected chi connectivity index (χ4v) is 3.51. The second kappa shape index (κ2) is 11.0. The molecule has 0 spiro atoms. The Morgan fingerprint density at radius 1 is 0.828 bits per heavy atom. The zero-order chi connectivity index (χ0) is 20.3. The summed E-state index contributed by atoms with van der Waals surface area (Å²) in [5.41, 5.74) is 3.52. The molecule has 0 heterocycles. The van der Waals surface area contributed by atoms with Gasteiger partial charge in [-0.2, -0.15) is 0 Å². The highest BCUT2D eigenvalue weighted by atomic mass is 16.3. The number of hydrogen-bond donors (Lipinski definition) is 2. The molecule has 0 saturated heterocycles. The van der Waals surface area contributed by atoms with Gasteiger partial charge in [-0.25, -0.2) is 4.79 Å². The molecule has 4 heteroatoms. The summed E-state index contributed by atoms with van der Waals surface area (Å²) in [7, 11) is 0. The molecule has 0 radical (unpaired) electrons. The summed E-state index contributed by atoms with van der Waals surface area (Å²) in [5.74, 6) is 0.220. The zero-order valence-electron chi connectivity index (χ0n) is 16.6. The Morgan fingerprint density at radius 2 is 1.34 bits per heavy atom. The highest BCUT2D eigenvalue weighted by Crippen LogP contribution is 2.27. The molecule has 0 aromatic heterocycles. The summed E-state index contributed by atoms with van der Waals surface area (Å²) < 4.78 is 0. The third-order valence-electron chi connectivity index (χ3n) is 4.99. The predicted molar refractivity (Wildman–Crippen MR) is 117 cm³/mol. The van der Waals surface area contributed by atoms with Crippen LogP contribution in [0.2, 0.25) is 0 Å². The summed E-state index contributed by atoms with van der Waals surface area (Å²) >= 11 is 0. The van der Waals surface area contributed by atoms with Crippen molar-refractivity contribution in [1.82, 2.24) is 10.2 Å². The Balaban J connectivity index is 1.62. The summed E-state index contributed by atoms with van der Waals surface area (Å²) in [6, 6.07) is 30.4. The number of nitrogens with zero attached hydrogens (tertiary/aromatic N) is 1. The molecule has 0 aliphatic carbocycles. The maximum Gasteiger partial charge on any atom is 0.317 e. The molecular weight excluding hydrogens is 360 g/mol. The number of carbonyl (C=O) groups excluding carboxylic acids is 1. The predicted octanol–water partition coefficient (Wildman–Crippen LogP) is 4.41. The molecule has 2 N–H and O–H groups in total. The number of benzene rings is 3. The Bertz CT molecular complexity index is 814. The average molecular weight is 389 g/mol. The highest BCUT2D eigenvalue weighted by molar-refractivity contribution is 5.74. The summed E-state index contributed by atoms with van der Waals surface area (Å²) in [6.07, 6.45) is 0.804. The fraction of sp³-hybridized carbons (Fsp3) is 0.240. The normalized spacial score (nSPS) is 10.7. The molecule has 0 atom stereocenters. The molecule has 0 fully saturated rings. The van der Waals surface area contributed by atoms with Crippen LogP contribution in [0.1, 0.15) is 29.0 Å². The van der Waals surface area contributed by atoms with Crippen LogP contribution in [-0.2, 0) is 6.54 Å². The van der Waals surface area contributed by atoms with E-state index in [9.17, 15) is 9.90 Å². The molecule has 3 rings (SSSR count). The first-order valence-electron chi connectivity index (χ1n) is 10.1. The van der Waals surface area contributed by atoms with Gasteiger partial charge in [-0.05, 0) is 23.1 Å². The van der Waals surface area contributed by atoms with Crippen molar-refractivity contribution in [2.24, 2.45) is 0 Å². The molecule has 0 aliphatic rings. The van der Waals surface area contributed by atoms with Crippen molar-refractivity contribution in [2.75, 3.05) is 19.7 Å². The lowest BCUT2D eigenvalue weighted by atomic mass is 9.88. The highest BCUT2D eigenvalue weighted by Gasteiger charge is 2.16. The first-order valence-corrected chi connectivity index (χ1v) is 10.1. The van der Waals surface area contributed by atoms with Gasteiger partial charge in [-0.1, -0.05) is 91.0 Å². The van der Waals surface area contributed by atoms with Gasteiger partial charge in [0, 0.05) is 25.6 Å². The van der Waals surface area contributed by atoms with E-state index in [1.807, 2.05) is 66.7 Å². The Morgan fingerprint density at radius 3 is 1.86 bits per heavy atom. The minimum absolute atomic E-state index is 0.0586. The van der Waals surface area contributed by atoms with Crippen molar-refractivity contribution in [1.29, 1.82) is 0 Å². The van der Waals surface area contributed by atoms with Gasteiger partial charge in [0.2, 0.25) is 0 Å². The molecular formula is C25H28N2O2. The van der Waals surface area contributed by atoms with Crippen LogP contribution in [0.25, 0.3) is 0 Å². The number of amides is 2. The molecule has 0 bridgehead atoms. The fourth-order valence-electron chi connectivity index (χ4n) is 3.51. The molecule has 3 aromatic rings. The van der Waals surface area contributed by atoms with Gasteiger partial charge in [-0.15, -0.1) is 0 Å². The van der Waals surface area contributed by atoms with Crippen molar-refractivity contribution in [3.8, 4) is 0 Å². The molecule has 4 nitrogen and oxygen atoms in total. The number of aliphatic hydroxyl groups excluding tert-OH is 1. The lowest BCUT2D eigenvalue weighted by molar-refractivity contribution is 0.174. The summed E-state index contributed by atoms with van der Waals surface area (Å²) in [6.45, 7) is 1.29. The number of urea groups is 1. The molecule has 0 aliphatic heterocycles. The van der Waals surface area contributed by atoms with E-state index in [4.69, 9.17) is 0 Å². The van der Waals surface area contributed by atoms with E-state index in [0.717, 1.165) is 12.0 Å². The maximum atomic E-state index is 12.7. The second-order valence-electron chi connectivity index (χ2n) is 7.03. The van der Waals surface area contributed by atoms with Gasteiger partial charge in [0.1, 0.15) is 0 Å². The van der Waals surface area contributed by atoms with Crippen molar-refractivity contribution in [3.05, 3.63) is 108 Å². The first kappa shape index (κ1) is 20.6. The quantitative estimate of drug-likeness (QED) is 0.570. The molecule has 0 saturated carbocycles. The van der Waals surface area contributed by atoms with Crippen LogP contribution in [0.3, 0.4) is 0 Å². The molecule has 0 unspecified atom stereocenters. The van der Waals surface area contributed by atoms with E-state index < -0.39 is 0 Å². The van der Waals surface area contributed by atoms with Gasteiger partial charge < -0.3 is 15.3 Å². The zero-order valence-corrected chi connectivity index (χ0v) is 16.6. The molecule has 150 valence electrons. The van der Waals surface area contributed by atoms with Crippen LogP contribution >= 0.6 is 0 Å². The second-order valence-corrected chi connectivity index (χ2v) is 7.03. The van der Waals surface area contributed by atoms with Crippen LogP contribution in [0.4, 0.5) is 4.79 Å². The largest absolute Gasteiger partial charge is 0.395 e. The van der Waals surface area contributed by atoms with Crippen molar-refractivity contribution in [2.45, 2.75) is 18.9 Å². The van der Waals surface area contributed by atoms with Gasteiger partial charge in [0.05, 0.1) is 6.61 Å². The third kappa shape index (κ3) is 6.19. The third-order valence-corrected chi connectivity index (χ3v) is 4.99. The first-order chi connectivity index (χ1) is 14.3. The van der Waals surface area contributed by atoms with E-state index in [1.54, 1.807) is 4.90 Å². The Labute approximate surface area is 172 Å². The van der Waals surface area contributed by atoms with Crippen molar-refractivity contribution < 1.29 is 9.90 Å². The van der Waals surface area contributed by atoms with Crippen LogP contribution < -0.4 is 5.32 Å². The van der Waals surface area contributed by atoms with Gasteiger partial charge >= 0.3 is 6.03 Å². The smallest absolute Gasteiger partial charge is 0.317 e. The number of hydrogen-bond acceptors (Lipinski definition) is 2.